The molecule has 1 N–H and O–H groups in total. The number of nitrogens with one attached hydrogen (secondary N) is 1. The van der Waals surface area contributed by atoms with Crippen molar-refractivity contribution < 1.29 is 14.3 Å². The highest BCUT2D eigenvalue weighted by molar-refractivity contribution is 5.87. The fourth-order valence-corrected chi connectivity index (χ4v) is 3.00. The number of hydrogen-bond acceptors (Lipinski definition) is 4. The van der Waals surface area contributed by atoms with Gasteiger partial charge in [0.15, 0.2) is 0 Å². The summed E-state index contributed by atoms with van der Waals surface area (Å²) in [6.07, 6.45) is 0.110. The van der Waals surface area contributed by atoms with Gasteiger partial charge < -0.3 is 15.0 Å². The van der Waals surface area contributed by atoms with Gasteiger partial charge in [0.1, 0.15) is 11.8 Å². The number of hydrogen-bond donors (Lipinski definition) is 1. The second-order valence-electron chi connectivity index (χ2n) is 6.35. The number of nitrogens with zero attached hydrogens (tertiary/aromatic N) is 2. The summed E-state index contributed by atoms with van der Waals surface area (Å²) in [6.45, 7) is 8.03. The zero-order valence-electron chi connectivity index (χ0n) is 14.9. The van der Waals surface area contributed by atoms with Crippen LogP contribution >= 0.6 is 0 Å². The molecule has 1 aliphatic rings. The Bertz CT molecular complexity index is 589. The molecule has 0 unspecified atom stereocenters. The van der Waals surface area contributed by atoms with E-state index in [2.05, 4.69) is 10.2 Å². The standard InChI is InChI=1S/C18H27N3O3/c1-13(2)24-17-8-6-5-7-15(17)11-20-9-10-21(14(3)22)16(12-20)18(23)19-4/h5-8,13,16H,9-12H2,1-4H3,(H,19,23)/t16-/m1/s1. The number of ether oxygens (including phenoxy) is 1. The Morgan fingerprint density at radius 1 is 1.29 bits per heavy atom. The van der Waals surface area contributed by atoms with Crippen molar-refractivity contribution in [2.45, 2.75) is 39.5 Å². The molecule has 1 heterocycles. The van der Waals surface area contributed by atoms with Gasteiger partial charge in [0.05, 0.1) is 6.10 Å². The van der Waals surface area contributed by atoms with Gasteiger partial charge in [-0.25, -0.2) is 0 Å². The number of para-hydroxylation sites is 1. The first kappa shape index (κ1) is 18.3. The van der Waals surface area contributed by atoms with E-state index in [0.29, 0.717) is 19.6 Å². The first-order valence-corrected chi connectivity index (χ1v) is 8.38. The van der Waals surface area contributed by atoms with Gasteiger partial charge >= 0.3 is 0 Å². The number of likely N-dealkylation sites (N-methyl/N-ethyl adjacent to an activating group) is 1. The first-order valence-electron chi connectivity index (χ1n) is 8.38. The number of carbonyl (C=O) groups excluding carboxylic acids is 2. The zero-order valence-corrected chi connectivity index (χ0v) is 14.9. The molecule has 0 aliphatic carbocycles. The summed E-state index contributed by atoms with van der Waals surface area (Å²) in [7, 11) is 1.60. The number of rotatable bonds is 5. The predicted octanol–water partition coefficient (Wildman–Crippen LogP) is 1.25. The molecular formula is C18H27N3O3. The van der Waals surface area contributed by atoms with Crippen molar-refractivity contribution in [3.8, 4) is 5.75 Å². The molecule has 1 atom stereocenters. The molecule has 2 rings (SSSR count). The van der Waals surface area contributed by atoms with Crippen LogP contribution in [0.2, 0.25) is 0 Å². The Morgan fingerprint density at radius 3 is 2.62 bits per heavy atom. The van der Waals surface area contributed by atoms with Crippen molar-refractivity contribution in [3.05, 3.63) is 29.8 Å². The molecule has 1 aromatic rings. The third kappa shape index (κ3) is 4.47. The third-order valence-electron chi connectivity index (χ3n) is 4.15. The van der Waals surface area contributed by atoms with Gasteiger partial charge in [0.2, 0.25) is 11.8 Å². The summed E-state index contributed by atoms with van der Waals surface area (Å²) in [5.74, 6) is 0.686. The minimum Gasteiger partial charge on any atom is -0.491 e. The monoisotopic (exact) mass is 333 g/mol. The van der Waals surface area contributed by atoms with E-state index >= 15 is 0 Å². The lowest BCUT2D eigenvalue weighted by Crippen LogP contribution is -2.59. The Kier molecular flexibility index (Phi) is 6.20. The van der Waals surface area contributed by atoms with Crippen molar-refractivity contribution in [2.75, 3.05) is 26.7 Å². The van der Waals surface area contributed by atoms with E-state index in [0.717, 1.165) is 17.9 Å². The van der Waals surface area contributed by atoms with E-state index in [4.69, 9.17) is 4.74 Å². The molecule has 1 aromatic carbocycles. The minimum absolute atomic E-state index is 0.0632. The van der Waals surface area contributed by atoms with Crippen LogP contribution in [0.3, 0.4) is 0 Å². The van der Waals surface area contributed by atoms with E-state index in [1.54, 1.807) is 11.9 Å². The van der Waals surface area contributed by atoms with Crippen LogP contribution in [0, 0.1) is 0 Å². The van der Waals surface area contributed by atoms with E-state index in [-0.39, 0.29) is 17.9 Å². The fraction of sp³-hybridized carbons (Fsp3) is 0.556. The SMILES string of the molecule is CNC(=O)[C@H]1CN(Cc2ccccc2OC(C)C)CCN1C(C)=O. The van der Waals surface area contributed by atoms with Crippen LogP contribution in [0.25, 0.3) is 0 Å². The summed E-state index contributed by atoms with van der Waals surface area (Å²) < 4.78 is 5.87. The Hall–Kier alpha value is -2.08. The number of piperazine rings is 1. The third-order valence-corrected chi connectivity index (χ3v) is 4.15. The van der Waals surface area contributed by atoms with E-state index in [1.165, 1.54) is 6.92 Å². The smallest absolute Gasteiger partial charge is 0.243 e. The van der Waals surface area contributed by atoms with Crippen LogP contribution < -0.4 is 10.1 Å². The van der Waals surface area contributed by atoms with E-state index in [9.17, 15) is 9.59 Å². The van der Waals surface area contributed by atoms with Crippen molar-refractivity contribution in [1.29, 1.82) is 0 Å². The summed E-state index contributed by atoms with van der Waals surface area (Å²) in [5.41, 5.74) is 1.10. The van der Waals surface area contributed by atoms with E-state index in [1.807, 2.05) is 38.1 Å². The molecule has 24 heavy (non-hydrogen) atoms. The molecule has 0 radical (unpaired) electrons. The quantitative estimate of drug-likeness (QED) is 0.881. The van der Waals surface area contributed by atoms with Gasteiger partial charge in [-0.2, -0.15) is 0 Å². The lowest BCUT2D eigenvalue weighted by atomic mass is 10.1. The van der Waals surface area contributed by atoms with Crippen LogP contribution in [0.15, 0.2) is 24.3 Å². The summed E-state index contributed by atoms with van der Waals surface area (Å²) in [6, 6.07) is 7.52. The van der Waals surface area contributed by atoms with Gasteiger partial charge in [-0.3, -0.25) is 14.5 Å². The van der Waals surface area contributed by atoms with Crippen molar-refractivity contribution >= 4 is 11.8 Å². The van der Waals surface area contributed by atoms with Crippen LogP contribution in [0.1, 0.15) is 26.3 Å². The minimum atomic E-state index is -0.445. The van der Waals surface area contributed by atoms with Gasteiger partial charge in [0, 0.05) is 45.7 Å². The topological polar surface area (TPSA) is 61.9 Å². The maximum atomic E-state index is 12.1. The number of benzene rings is 1. The van der Waals surface area contributed by atoms with E-state index < -0.39 is 6.04 Å². The zero-order chi connectivity index (χ0) is 17.7. The summed E-state index contributed by atoms with van der Waals surface area (Å²) in [5, 5.41) is 2.66. The van der Waals surface area contributed by atoms with Crippen LogP contribution in [0.5, 0.6) is 5.75 Å². The van der Waals surface area contributed by atoms with Crippen LogP contribution in [-0.2, 0) is 16.1 Å². The fourth-order valence-electron chi connectivity index (χ4n) is 3.00. The summed E-state index contributed by atoms with van der Waals surface area (Å²) in [4.78, 5) is 27.8. The largest absolute Gasteiger partial charge is 0.491 e. The highest BCUT2D eigenvalue weighted by Crippen LogP contribution is 2.22. The second-order valence-corrected chi connectivity index (χ2v) is 6.35. The second kappa shape index (κ2) is 8.15. The molecule has 2 amide bonds. The molecule has 0 spiro atoms. The maximum absolute atomic E-state index is 12.1. The first-order chi connectivity index (χ1) is 11.4. The van der Waals surface area contributed by atoms with Gasteiger partial charge in [-0.05, 0) is 19.9 Å². The van der Waals surface area contributed by atoms with Crippen molar-refractivity contribution in [2.24, 2.45) is 0 Å². The molecular weight excluding hydrogens is 306 g/mol. The predicted molar refractivity (Wildman–Crippen MR) is 92.7 cm³/mol. The highest BCUT2D eigenvalue weighted by atomic mass is 16.5. The molecule has 1 fully saturated rings. The normalized spacial score (nSPS) is 18.5. The highest BCUT2D eigenvalue weighted by Gasteiger charge is 2.33. The lowest BCUT2D eigenvalue weighted by molar-refractivity contribution is -0.142. The number of amides is 2. The molecule has 132 valence electrons. The molecule has 6 nitrogen and oxygen atoms in total. The van der Waals surface area contributed by atoms with Crippen molar-refractivity contribution in [1.82, 2.24) is 15.1 Å². The maximum Gasteiger partial charge on any atom is 0.243 e. The van der Waals surface area contributed by atoms with Crippen LogP contribution in [0.4, 0.5) is 0 Å². The number of carbonyl (C=O) groups is 2. The average Bonchev–Trinajstić information content (AvgIpc) is 2.55. The molecule has 0 bridgehead atoms. The van der Waals surface area contributed by atoms with Crippen molar-refractivity contribution in [3.63, 3.8) is 0 Å². The Morgan fingerprint density at radius 2 is 2.00 bits per heavy atom. The molecule has 0 saturated carbocycles. The molecule has 0 aromatic heterocycles. The Balaban J connectivity index is 2.11. The molecule has 6 heteroatoms. The average molecular weight is 333 g/mol. The van der Waals surface area contributed by atoms with Gasteiger partial charge in [0.25, 0.3) is 0 Å². The summed E-state index contributed by atoms with van der Waals surface area (Å²) >= 11 is 0. The van der Waals surface area contributed by atoms with Gasteiger partial charge in [-0.15, -0.1) is 0 Å². The molecule has 1 saturated heterocycles. The van der Waals surface area contributed by atoms with Gasteiger partial charge in [-0.1, -0.05) is 18.2 Å². The molecule has 1 aliphatic heterocycles. The van der Waals surface area contributed by atoms with Crippen LogP contribution in [-0.4, -0.2) is 60.4 Å². The Labute approximate surface area is 143 Å². The lowest BCUT2D eigenvalue weighted by Gasteiger charge is -2.40.